The van der Waals surface area contributed by atoms with Gasteiger partial charge in [0.05, 0.1) is 7.11 Å². The Hall–Kier alpha value is -1.83. The van der Waals surface area contributed by atoms with E-state index < -0.39 is 0 Å². The van der Waals surface area contributed by atoms with Crippen LogP contribution in [0.3, 0.4) is 0 Å². The zero-order chi connectivity index (χ0) is 10.7. The number of hydrogen-bond donors (Lipinski definition) is 0. The molecule has 76 valence electrons. The molecule has 0 atom stereocenters. The molecule has 0 saturated heterocycles. The third kappa shape index (κ3) is 1.84. The van der Waals surface area contributed by atoms with Gasteiger partial charge in [0.25, 0.3) is 0 Å². The maximum atomic E-state index is 13.5. The van der Waals surface area contributed by atoms with E-state index in [1.165, 1.54) is 6.07 Å². The molecule has 0 unspecified atom stereocenters. The summed E-state index contributed by atoms with van der Waals surface area (Å²) in [6.45, 7) is 0. The number of hydrogen-bond acceptors (Lipinski definition) is 1. The van der Waals surface area contributed by atoms with Crippen molar-refractivity contribution in [3.05, 3.63) is 54.3 Å². The fourth-order valence-electron chi connectivity index (χ4n) is 1.55. The maximum absolute atomic E-state index is 13.5. The van der Waals surface area contributed by atoms with Crippen LogP contribution >= 0.6 is 0 Å². The molecule has 2 aromatic carbocycles. The highest BCUT2D eigenvalue weighted by atomic mass is 19.1. The van der Waals surface area contributed by atoms with E-state index in [0.717, 1.165) is 5.56 Å². The average molecular weight is 202 g/mol. The molecule has 15 heavy (non-hydrogen) atoms. The first kappa shape index (κ1) is 9.71. The van der Waals surface area contributed by atoms with E-state index in [4.69, 9.17) is 4.74 Å². The molecule has 0 aromatic heterocycles. The molecule has 0 radical (unpaired) electrons. The van der Waals surface area contributed by atoms with Gasteiger partial charge in [-0.3, -0.25) is 0 Å². The van der Waals surface area contributed by atoms with Crippen LogP contribution in [0.5, 0.6) is 5.75 Å². The fourth-order valence-corrected chi connectivity index (χ4v) is 1.55. The molecule has 0 aliphatic heterocycles. The van der Waals surface area contributed by atoms with E-state index in [9.17, 15) is 4.39 Å². The molecule has 0 saturated carbocycles. The van der Waals surface area contributed by atoms with Gasteiger partial charge in [-0.1, -0.05) is 36.4 Å². The predicted molar refractivity (Wildman–Crippen MR) is 58.4 cm³/mol. The third-order valence-corrected chi connectivity index (χ3v) is 2.27. The lowest BCUT2D eigenvalue weighted by Crippen LogP contribution is -1.89. The standard InChI is InChI=1S/C13H11FO/c1-15-13-9-5-3-7-11(13)10-6-2-4-8-12(10)14/h2-9H,1H3. The van der Waals surface area contributed by atoms with E-state index in [0.29, 0.717) is 11.3 Å². The van der Waals surface area contributed by atoms with Gasteiger partial charge in [-0.15, -0.1) is 0 Å². The van der Waals surface area contributed by atoms with Gasteiger partial charge in [0, 0.05) is 11.1 Å². The topological polar surface area (TPSA) is 9.23 Å². The largest absolute Gasteiger partial charge is 0.496 e. The lowest BCUT2D eigenvalue weighted by atomic mass is 10.0. The molecule has 0 aliphatic carbocycles. The second-order valence-corrected chi connectivity index (χ2v) is 3.18. The monoisotopic (exact) mass is 202 g/mol. The molecule has 2 heteroatoms. The second-order valence-electron chi connectivity index (χ2n) is 3.18. The van der Waals surface area contributed by atoms with E-state index in [1.54, 1.807) is 19.2 Å². The molecule has 0 N–H and O–H groups in total. The summed E-state index contributed by atoms with van der Waals surface area (Å²) in [6.07, 6.45) is 0. The second kappa shape index (κ2) is 4.13. The number of para-hydroxylation sites is 1. The van der Waals surface area contributed by atoms with Gasteiger partial charge in [-0.25, -0.2) is 4.39 Å². The van der Waals surface area contributed by atoms with Gasteiger partial charge in [0.1, 0.15) is 11.6 Å². The Kier molecular flexibility index (Phi) is 2.68. The maximum Gasteiger partial charge on any atom is 0.131 e. The summed E-state index contributed by atoms with van der Waals surface area (Å²) in [4.78, 5) is 0. The molecule has 1 nitrogen and oxygen atoms in total. The molecule has 2 rings (SSSR count). The van der Waals surface area contributed by atoms with Crippen LogP contribution in [0, 0.1) is 5.82 Å². The minimum absolute atomic E-state index is 0.234. The van der Waals surface area contributed by atoms with Crippen LogP contribution in [-0.2, 0) is 0 Å². The smallest absolute Gasteiger partial charge is 0.131 e. The number of methoxy groups -OCH3 is 1. The third-order valence-electron chi connectivity index (χ3n) is 2.27. The van der Waals surface area contributed by atoms with Gasteiger partial charge in [0.2, 0.25) is 0 Å². The first-order valence-electron chi connectivity index (χ1n) is 4.71. The predicted octanol–water partition coefficient (Wildman–Crippen LogP) is 3.50. The van der Waals surface area contributed by atoms with Crippen LogP contribution in [0.4, 0.5) is 4.39 Å². The highest BCUT2D eigenvalue weighted by Gasteiger charge is 2.08. The summed E-state index contributed by atoms with van der Waals surface area (Å²) in [5.41, 5.74) is 1.34. The summed E-state index contributed by atoms with van der Waals surface area (Å²) in [5.74, 6) is 0.449. The summed E-state index contributed by atoms with van der Waals surface area (Å²) < 4.78 is 18.7. The lowest BCUT2D eigenvalue weighted by Gasteiger charge is -2.08. The molecular weight excluding hydrogens is 191 g/mol. The number of benzene rings is 2. The van der Waals surface area contributed by atoms with Gasteiger partial charge < -0.3 is 4.74 Å². The van der Waals surface area contributed by atoms with Crippen LogP contribution in [0.2, 0.25) is 0 Å². The van der Waals surface area contributed by atoms with Crippen LogP contribution in [0.1, 0.15) is 0 Å². The Morgan fingerprint density at radius 3 is 2.13 bits per heavy atom. The minimum Gasteiger partial charge on any atom is -0.496 e. The summed E-state index contributed by atoms with van der Waals surface area (Å²) >= 11 is 0. The number of ether oxygens (including phenoxy) is 1. The highest BCUT2D eigenvalue weighted by Crippen LogP contribution is 2.30. The molecule has 0 fully saturated rings. The summed E-state index contributed by atoms with van der Waals surface area (Å²) in [7, 11) is 1.58. The molecule has 0 amide bonds. The average Bonchev–Trinajstić information content (AvgIpc) is 2.30. The molecule has 2 aromatic rings. The fraction of sp³-hybridized carbons (Fsp3) is 0.0769. The van der Waals surface area contributed by atoms with E-state index in [2.05, 4.69) is 0 Å². The molecular formula is C13H11FO. The quantitative estimate of drug-likeness (QED) is 0.724. The molecule has 0 aliphatic rings. The first-order valence-corrected chi connectivity index (χ1v) is 4.71. The summed E-state index contributed by atoms with van der Waals surface area (Å²) in [5, 5.41) is 0. The van der Waals surface area contributed by atoms with Gasteiger partial charge >= 0.3 is 0 Å². The zero-order valence-corrected chi connectivity index (χ0v) is 8.41. The Labute approximate surface area is 88.1 Å². The van der Waals surface area contributed by atoms with Crippen molar-refractivity contribution in [2.24, 2.45) is 0 Å². The van der Waals surface area contributed by atoms with Crippen molar-refractivity contribution in [1.29, 1.82) is 0 Å². The van der Waals surface area contributed by atoms with Crippen molar-refractivity contribution in [3.63, 3.8) is 0 Å². The normalized spacial score (nSPS) is 10.0. The Bertz CT molecular complexity index is 466. The van der Waals surface area contributed by atoms with E-state index >= 15 is 0 Å². The zero-order valence-electron chi connectivity index (χ0n) is 8.41. The van der Waals surface area contributed by atoms with Crippen LogP contribution in [0.25, 0.3) is 11.1 Å². The molecule has 0 spiro atoms. The van der Waals surface area contributed by atoms with Crippen LogP contribution < -0.4 is 4.74 Å². The van der Waals surface area contributed by atoms with Crippen LogP contribution in [-0.4, -0.2) is 7.11 Å². The molecule has 0 bridgehead atoms. The van der Waals surface area contributed by atoms with Crippen molar-refractivity contribution in [2.45, 2.75) is 0 Å². The minimum atomic E-state index is -0.234. The first-order chi connectivity index (χ1) is 7.33. The van der Waals surface area contributed by atoms with Crippen LogP contribution in [0.15, 0.2) is 48.5 Å². The Balaban J connectivity index is 2.59. The highest BCUT2D eigenvalue weighted by molar-refractivity contribution is 5.70. The summed E-state index contributed by atoms with van der Waals surface area (Å²) in [6, 6.07) is 14.1. The van der Waals surface area contributed by atoms with E-state index in [-0.39, 0.29) is 5.82 Å². The Morgan fingerprint density at radius 1 is 0.867 bits per heavy atom. The Morgan fingerprint density at radius 2 is 1.47 bits per heavy atom. The van der Waals surface area contributed by atoms with Crippen molar-refractivity contribution in [1.82, 2.24) is 0 Å². The molecule has 0 heterocycles. The van der Waals surface area contributed by atoms with Crippen molar-refractivity contribution in [3.8, 4) is 16.9 Å². The van der Waals surface area contributed by atoms with Crippen molar-refractivity contribution >= 4 is 0 Å². The van der Waals surface area contributed by atoms with Gasteiger partial charge in [-0.05, 0) is 12.1 Å². The van der Waals surface area contributed by atoms with Gasteiger partial charge in [0.15, 0.2) is 0 Å². The van der Waals surface area contributed by atoms with Crippen molar-refractivity contribution in [2.75, 3.05) is 7.11 Å². The number of rotatable bonds is 2. The van der Waals surface area contributed by atoms with Gasteiger partial charge in [-0.2, -0.15) is 0 Å². The van der Waals surface area contributed by atoms with Crippen molar-refractivity contribution < 1.29 is 9.13 Å². The lowest BCUT2D eigenvalue weighted by molar-refractivity contribution is 0.416. The van der Waals surface area contributed by atoms with E-state index in [1.807, 2.05) is 30.3 Å². The SMILES string of the molecule is COc1ccccc1-c1ccccc1F. The number of halogens is 1.